The Labute approximate surface area is 153 Å². The van der Waals surface area contributed by atoms with E-state index in [9.17, 15) is 14.3 Å². The number of urea groups is 1. The molecule has 5 heteroatoms. The number of aliphatic hydroxyl groups is 1. The van der Waals surface area contributed by atoms with Crippen LogP contribution in [0.25, 0.3) is 0 Å². The lowest BCUT2D eigenvalue weighted by molar-refractivity contribution is 0.135. The quantitative estimate of drug-likeness (QED) is 0.861. The van der Waals surface area contributed by atoms with Gasteiger partial charge in [-0.05, 0) is 36.8 Å². The van der Waals surface area contributed by atoms with Crippen LogP contribution in [0.2, 0.25) is 0 Å². The molecular formula is C21H25FN2O2. The molecule has 0 aromatic heterocycles. The summed E-state index contributed by atoms with van der Waals surface area (Å²) >= 11 is 0. The fraction of sp³-hybridized carbons (Fsp3) is 0.381. The van der Waals surface area contributed by atoms with E-state index < -0.39 is 6.04 Å². The van der Waals surface area contributed by atoms with Crippen LogP contribution in [0.3, 0.4) is 0 Å². The number of carbonyl (C=O) groups is 1. The van der Waals surface area contributed by atoms with Gasteiger partial charge in [-0.1, -0.05) is 48.5 Å². The lowest BCUT2D eigenvalue weighted by Gasteiger charge is -2.32. The van der Waals surface area contributed by atoms with Gasteiger partial charge in [-0.3, -0.25) is 0 Å². The molecule has 4 nitrogen and oxygen atoms in total. The van der Waals surface area contributed by atoms with Gasteiger partial charge in [0.15, 0.2) is 0 Å². The SMILES string of the molecule is O=C(NC(Cc1ccccc1)c1ccccc1F)N1CCC(CO)CC1. The van der Waals surface area contributed by atoms with Crippen molar-refractivity contribution in [3.05, 3.63) is 71.5 Å². The van der Waals surface area contributed by atoms with Gasteiger partial charge in [-0.2, -0.15) is 0 Å². The van der Waals surface area contributed by atoms with E-state index >= 15 is 0 Å². The van der Waals surface area contributed by atoms with E-state index in [4.69, 9.17) is 0 Å². The van der Waals surface area contributed by atoms with Gasteiger partial charge in [0.05, 0.1) is 6.04 Å². The maximum Gasteiger partial charge on any atom is 0.317 e. The highest BCUT2D eigenvalue weighted by molar-refractivity contribution is 5.75. The predicted molar refractivity (Wildman–Crippen MR) is 99.2 cm³/mol. The molecule has 1 atom stereocenters. The molecule has 26 heavy (non-hydrogen) atoms. The minimum Gasteiger partial charge on any atom is -0.396 e. The normalized spacial score (nSPS) is 16.3. The Kier molecular flexibility index (Phi) is 6.23. The smallest absolute Gasteiger partial charge is 0.317 e. The molecule has 2 aromatic rings. The maximum absolute atomic E-state index is 14.3. The van der Waals surface area contributed by atoms with Crippen molar-refractivity contribution in [1.29, 1.82) is 0 Å². The summed E-state index contributed by atoms with van der Waals surface area (Å²) in [6.07, 6.45) is 2.13. The molecule has 0 saturated carbocycles. The number of aliphatic hydroxyl groups excluding tert-OH is 1. The highest BCUT2D eigenvalue weighted by atomic mass is 19.1. The van der Waals surface area contributed by atoms with Crippen molar-refractivity contribution < 1.29 is 14.3 Å². The lowest BCUT2D eigenvalue weighted by Crippen LogP contribution is -2.46. The first-order valence-electron chi connectivity index (χ1n) is 9.12. The Morgan fingerprint density at radius 2 is 1.77 bits per heavy atom. The number of piperidine rings is 1. The number of nitrogens with zero attached hydrogens (tertiary/aromatic N) is 1. The van der Waals surface area contributed by atoms with Gasteiger partial charge in [0, 0.05) is 25.3 Å². The van der Waals surface area contributed by atoms with Crippen LogP contribution in [0.4, 0.5) is 9.18 Å². The van der Waals surface area contributed by atoms with Crippen molar-refractivity contribution >= 4 is 6.03 Å². The van der Waals surface area contributed by atoms with E-state index in [-0.39, 0.29) is 24.4 Å². The first-order valence-corrected chi connectivity index (χ1v) is 9.12. The Hall–Kier alpha value is -2.40. The van der Waals surface area contributed by atoms with E-state index in [1.165, 1.54) is 6.07 Å². The number of hydrogen-bond donors (Lipinski definition) is 2. The summed E-state index contributed by atoms with van der Waals surface area (Å²) < 4.78 is 14.3. The number of hydrogen-bond acceptors (Lipinski definition) is 2. The van der Waals surface area contributed by atoms with Crippen molar-refractivity contribution in [2.24, 2.45) is 5.92 Å². The van der Waals surface area contributed by atoms with Crippen molar-refractivity contribution in [2.45, 2.75) is 25.3 Å². The summed E-state index contributed by atoms with van der Waals surface area (Å²) in [6.45, 7) is 1.40. The van der Waals surface area contributed by atoms with Crippen LogP contribution >= 0.6 is 0 Å². The molecule has 3 rings (SSSR count). The van der Waals surface area contributed by atoms with E-state index in [1.54, 1.807) is 23.1 Å². The third-order valence-electron chi connectivity index (χ3n) is 5.02. The van der Waals surface area contributed by atoms with Crippen molar-refractivity contribution in [3.63, 3.8) is 0 Å². The largest absolute Gasteiger partial charge is 0.396 e. The monoisotopic (exact) mass is 356 g/mol. The van der Waals surface area contributed by atoms with Gasteiger partial charge in [0.25, 0.3) is 0 Å². The fourth-order valence-corrected chi connectivity index (χ4v) is 3.41. The zero-order valence-corrected chi connectivity index (χ0v) is 14.8. The Morgan fingerprint density at radius 3 is 2.42 bits per heavy atom. The first-order chi connectivity index (χ1) is 12.7. The summed E-state index contributed by atoms with van der Waals surface area (Å²) in [4.78, 5) is 14.5. The maximum atomic E-state index is 14.3. The second-order valence-corrected chi connectivity index (χ2v) is 6.83. The average molecular weight is 356 g/mol. The van der Waals surface area contributed by atoms with Gasteiger partial charge >= 0.3 is 6.03 Å². The third kappa shape index (κ3) is 4.61. The fourth-order valence-electron chi connectivity index (χ4n) is 3.41. The molecule has 0 aliphatic carbocycles. The topological polar surface area (TPSA) is 52.6 Å². The average Bonchev–Trinajstić information content (AvgIpc) is 2.69. The van der Waals surface area contributed by atoms with Crippen LogP contribution in [0, 0.1) is 11.7 Å². The van der Waals surface area contributed by atoms with E-state index in [0.29, 0.717) is 25.1 Å². The molecule has 2 N–H and O–H groups in total. The summed E-state index contributed by atoms with van der Waals surface area (Å²) in [7, 11) is 0. The molecular weight excluding hydrogens is 331 g/mol. The number of rotatable bonds is 5. The van der Waals surface area contributed by atoms with Crippen molar-refractivity contribution in [2.75, 3.05) is 19.7 Å². The van der Waals surface area contributed by atoms with Gasteiger partial charge in [0.2, 0.25) is 0 Å². The number of carbonyl (C=O) groups excluding carboxylic acids is 1. The molecule has 138 valence electrons. The van der Waals surface area contributed by atoms with Crippen molar-refractivity contribution in [3.8, 4) is 0 Å². The van der Waals surface area contributed by atoms with E-state index in [0.717, 1.165) is 18.4 Å². The Morgan fingerprint density at radius 1 is 1.12 bits per heavy atom. The molecule has 1 aliphatic heterocycles. The zero-order chi connectivity index (χ0) is 18.4. The Balaban J connectivity index is 1.73. The highest BCUT2D eigenvalue weighted by Gasteiger charge is 2.25. The molecule has 2 aromatic carbocycles. The summed E-state index contributed by atoms with van der Waals surface area (Å²) in [5, 5.41) is 12.3. The molecule has 1 fully saturated rings. The van der Waals surface area contributed by atoms with Crippen molar-refractivity contribution in [1.82, 2.24) is 10.2 Å². The van der Waals surface area contributed by atoms with Gasteiger partial charge in [0.1, 0.15) is 5.82 Å². The lowest BCUT2D eigenvalue weighted by atomic mass is 9.97. The van der Waals surface area contributed by atoms with Gasteiger partial charge in [-0.15, -0.1) is 0 Å². The number of likely N-dealkylation sites (tertiary alicyclic amines) is 1. The number of halogens is 1. The number of amides is 2. The van der Waals surface area contributed by atoms with Crippen LogP contribution in [0.1, 0.15) is 30.0 Å². The Bertz CT molecular complexity index is 715. The zero-order valence-electron chi connectivity index (χ0n) is 14.8. The molecule has 0 radical (unpaired) electrons. The second-order valence-electron chi connectivity index (χ2n) is 6.83. The van der Waals surface area contributed by atoms with E-state index in [2.05, 4.69) is 5.32 Å². The predicted octanol–water partition coefficient (Wildman–Crippen LogP) is 3.52. The van der Waals surface area contributed by atoms with Crippen LogP contribution in [0.5, 0.6) is 0 Å². The van der Waals surface area contributed by atoms with Crippen LogP contribution < -0.4 is 5.32 Å². The number of nitrogens with one attached hydrogen (secondary N) is 1. The number of benzene rings is 2. The summed E-state index contributed by atoms with van der Waals surface area (Å²) in [5.41, 5.74) is 1.54. The molecule has 1 aliphatic rings. The molecule has 1 heterocycles. The first kappa shape index (κ1) is 18.4. The molecule has 1 saturated heterocycles. The molecule has 2 amide bonds. The molecule has 0 bridgehead atoms. The molecule has 0 spiro atoms. The van der Waals surface area contributed by atoms with Gasteiger partial charge < -0.3 is 15.3 Å². The highest BCUT2D eigenvalue weighted by Crippen LogP contribution is 2.23. The molecule has 1 unspecified atom stereocenters. The minimum absolute atomic E-state index is 0.168. The minimum atomic E-state index is -0.429. The second kappa shape index (κ2) is 8.81. The van der Waals surface area contributed by atoms with Crippen LogP contribution in [0.15, 0.2) is 54.6 Å². The standard InChI is InChI=1S/C21H25FN2O2/c22-19-9-5-4-8-18(19)20(14-16-6-2-1-3-7-16)23-21(26)24-12-10-17(15-25)11-13-24/h1-9,17,20,25H,10-15H2,(H,23,26). The van der Waals surface area contributed by atoms with E-state index in [1.807, 2.05) is 30.3 Å². The van der Waals surface area contributed by atoms with Crippen LogP contribution in [-0.4, -0.2) is 35.7 Å². The van der Waals surface area contributed by atoms with Gasteiger partial charge in [-0.25, -0.2) is 9.18 Å². The summed E-state index contributed by atoms with van der Waals surface area (Å²) in [5.74, 6) is -0.0431. The third-order valence-corrected chi connectivity index (χ3v) is 5.02. The summed E-state index contributed by atoms with van der Waals surface area (Å²) in [6, 6.07) is 15.8. The van der Waals surface area contributed by atoms with Crippen LogP contribution in [-0.2, 0) is 6.42 Å².